The summed E-state index contributed by atoms with van der Waals surface area (Å²) in [6.45, 7) is 2.84. The summed E-state index contributed by atoms with van der Waals surface area (Å²) in [4.78, 5) is 13.1. The number of methoxy groups -OCH3 is 1. The first kappa shape index (κ1) is 16.4. The van der Waals surface area contributed by atoms with Crippen LogP contribution in [0.5, 0.6) is 11.5 Å². The third-order valence-corrected chi connectivity index (χ3v) is 4.06. The Kier molecular flexibility index (Phi) is 6.34. The van der Waals surface area contributed by atoms with Gasteiger partial charge in [-0.3, -0.25) is 4.79 Å². The van der Waals surface area contributed by atoms with Crippen LogP contribution in [0.2, 0.25) is 0 Å². The summed E-state index contributed by atoms with van der Waals surface area (Å²) in [6.07, 6.45) is 2.14. The second-order valence-electron chi connectivity index (χ2n) is 4.79. The average molecular weight is 316 g/mol. The van der Waals surface area contributed by atoms with Crippen molar-refractivity contribution in [2.45, 2.75) is 24.7 Å². The molecule has 116 valence electrons. The second kappa shape index (κ2) is 8.49. The zero-order chi connectivity index (χ0) is 15.8. The van der Waals surface area contributed by atoms with E-state index in [2.05, 4.69) is 6.92 Å². The third-order valence-electron chi connectivity index (χ3n) is 3.13. The Hall–Kier alpha value is -1.94. The van der Waals surface area contributed by atoms with E-state index in [4.69, 9.17) is 9.47 Å². The number of hydrogen-bond donors (Lipinski definition) is 0. The minimum Gasteiger partial charge on any atom is -0.497 e. The summed E-state index contributed by atoms with van der Waals surface area (Å²) >= 11 is 1.21. The van der Waals surface area contributed by atoms with Crippen LogP contribution in [0.3, 0.4) is 0 Å². The predicted octanol–water partition coefficient (Wildman–Crippen LogP) is 4.81. The first-order chi connectivity index (χ1) is 10.7. The molecule has 0 spiro atoms. The summed E-state index contributed by atoms with van der Waals surface area (Å²) in [5.41, 5.74) is 0.670. The van der Waals surface area contributed by atoms with Gasteiger partial charge in [0.05, 0.1) is 13.7 Å². The van der Waals surface area contributed by atoms with Crippen LogP contribution in [0, 0.1) is 0 Å². The van der Waals surface area contributed by atoms with Gasteiger partial charge in [0.25, 0.3) is 0 Å². The molecular weight excluding hydrogens is 296 g/mol. The normalized spacial score (nSPS) is 10.3. The second-order valence-corrected chi connectivity index (χ2v) is 5.84. The van der Waals surface area contributed by atoms with Gasteiger partial charge in [0, 0.05) is 10.5 Å². The summed E-state index contributed by atoms with van der Waals surface area (Å²) in [6, 6.07) is 14.8. The molecule has 0 saturated heterocycles. The van der Waals surface area contributed by atoms with Gasteiger partial charge < -0.3 is 9.47 Å². The third kappa shape index (κ3) is 4.81. The number of carbonyl (C=O) groups excluding carboxylic acids is 1. The van der Waals surface area contributed by atoms with Gasteiger partial charge in [-0.2, -0.15) is 0 Å². The zero-order valence-corrected chi connectivity index (χ0v) is 13.7. The number of rotatable bonds is 7. The van der Waals surface area contributed by atoms with Gasteiger partial charge in [0.2, 0.25) is 5.12 Å². The molecule has 0 aliphatic carbocycles. The molecule has 2 aromatic rings. The van der Waals surface area contributed by atoms with E-state index in [0.717, 1.165) is 29.2 Å². The van der Waals surface area contributed by atoms with Crippen molar-refractivity contribution in [2.75, 3.05) is 13.7 Å². The Labute approximate surface area is 135 Å². The summed E-state index contributed by atoms with van der Waals surface area (Å²) in [5.74, 6) is 1.59. The summed E-state index contributed by atoms with van der Waals surface area (Å²) < 4.78 is 10.7. The lowest BCUT2D eigenvalue weighted by Gasteiger charge is -2.06. The number of benzene rings is 2. The molecule has 0 fully saturated rings. The molecular formula is C18H20O3S. The van der Waals surface area contributed by atoms with Gasteiger partial charge in [-0.15, -0.1) is 0 Å². The van der Waals surface area contributed by atoms with E-state index in [9.17, 15) is 4.79 Å². The quantitative estimate of drug-likeness (QED) is 0.542. The molecule has 22 heavy (non-hydrogen) atoms. The lowest BCUT2D eigenvalue weighted by atomic mass is 10.2. The number of unbranched alkanes of at least 4 members (excludes halogenated alkanes) is 1. The van der Waals surface area contributed by atoms with Crippen molar-refractivity contribution in [2.24, 2.45) is 0 Å². The van der Waals surface area contributed by atoms with Crippen molar-refractivity contribution in [1.29, 1.82) is 0 Å². The molecule has 0 amide bonds. The molecule has 0 aromatic heterocycles. The molecule has 0 radical (unpaired) electrons. The van der Waals surface area contributed by atoms with E-state index in [1.54, 1.807) is 19.2 Å². The van der Waals surface area contributed by atoms with Crippen molar-refractivity contribution in [3.63, 3.8) is 0 Å². The molecule has 0 aliphatic heterocycles. The maximum atomic E-state index is 12.2. The molecule has 0 atom stereocenters. The molecule has 2 aromatic carbocycles. The smallest absolute Gasteiger partial charge is 0.224 e. The van der Waals surface area contributed by atoms with Crippen molar-refractivity contribution in [3.8, 4) is 11.5 Å². The highest BCUT2D eigenvalue weighted by atomic mass is 32.2. The van der Waals surface area contributed by atoms with E-state index in [-0.39, 0.29) is 5.12 Å². The van der Waals surface area contributed by atoms with Gasteiger partial charge in [-0.25, -0.2) is 0 Å². The van der Waals surface area contributed by atoms with E-state index >= 15 is 0 Å². The van der Waals surface area contributed by atoms with Crippen molar-refractivity contribution in [1.82, 2.24) is 0 Å². The van der Waals surface area contributed by atoms with Gasteiger partial charge in [-0.05, 0) is 66.7 Å². The van der Waals surface area contributed by atoms with Crippen LogP contribution < -0.4 is 9.47 Å². The highest BCUT2D eigenvalue weighted by Gasteiger charge is 2.08. The van der Waals surface area contributed by atoms with Crippen LogP contribution in [0.4, 0.5) is 0 Å². The Morgan fingerprint density at radius 3 is 2.23 bits per heavy atom. The largest absolute Gasteiger partial charge is 0.497 e. The molecule has 0 aliphatic rings. The van der Waals surface area contributed by atoms with Crippen LogP contribution in [0.1, 0.15) is 30.1 Å². The van der Waals surface area contributed by atoms with Crippen LogP contribution in [0.15, 0.2) is 53.4 Å². The van der Waals surface area contributed by atoms with Gasteiger partial charge in [0.15, 0.2) is 0 Å². The van der Waals surface area contributed by atoms with Crippen molar-refractivity contribution < 1.29 is 14.3 Å². The Bertz CT molecular complexity index is 591. The Morgan fingerprint density at radius 2 is 1.64 bits per heavy atom. The van der Waals surface area contributed by atoms with Crippen LogP contribution in [-0.2, 0) is 0 Å². The molecule has 0 bridgehead atoms. The van der Waals surface area contributed by atoms with Gasteiger partial charge >= 0.3 is 0 Å². The fourth-order valence-electron chi connectivity index (χ4n) is 1.83. The molecule has 3 nitrogen and oxygen atoms in total. The van der Waals surface area contributed by atoms with Crippen molar-refractivity contribution in [3.05, 3.63) is 54.1 Å². The minimum absolute atomic E-state index is 0.0188. The molecule has 2 rings (SSSR count). The number of hydrogen-bond acceptors (Lipinski definition) is 4. The highest BCUT2D eigenvalue weighted by molar-refractivity contribution is 8.14. The molecule has 0 N–H and O–H groups in total. The number of ether oxygens (including phenoxy) is 2. The fourth-order valence-corrected chi connectivity index (χ4v) is 2.57. The standard InChI is InChI=1S/C18H20O3S/c1-3-4-13-21-16-7-5-14(6-8-16)18(19)22-17-11-9-15(20-2)10-12-17/h5-12H,3-4,13H2,1-2H3. The summed E-state index contributed by atoms with van der Waals surface area (Å²) in [7, 11) is 1.62. The molecule has 4 heteroatoms. The monoisotopic (exact) mass is 316 g/mol. The fraction of sp³-hybridized carbons (Fsp3) is 0.278. The Morgan fingerprint density at radius 1 is 1.00 bits per heavy atom. The van der Waals surface area contributed by atoms with Gasteiger partial charge in [-0.1, -0.05) is 13.3 Å². The maximum absolute atomic E-state index is 12.2. The van der Waals surface area contributed by atoms with Gasteiger partial charge in [0.1, 0.15) is 11.5 Å². The topological polar surface area (TPSA) is 35.5 Å². The van der Waals surface area contributed by atoms with E-state index in [0.29, 0.717) is 12.2 Å². The minimum atomic E-state index is 0.0188. The maximum Gasteiger partial charge on any atom is 0.224 e. The number of thioether (sulfide) groups is 1. The molecule has 0 saturated carbocycles. The summed E-state index contributed by atoms with van der Waals surface area (Å²) in [5, 5.41) is 0.0188. The van der Waals surface area contributed by atoms with E-state index in [1.807, 2.05) is 36.4 Å². The first-order valence-electron chi connectivity index (χ1n) is 7.32. The van der Waals surface area contributed by atoms with Crippen LogP contribution >= 0.6 is 11.8 Å². The predicted molar refractivity (Wildman–Crippen MR) is 90.0 cm³/mol. The lowest BCUT2D eigenvalue weighted by Crippen LogP contribution is -1.97. The number of carbonyl (C=O) groups is 1. The highest BCUT2D eigenvalue weighted by Crippen LogP contribution is 2.25. The Balaban J connectivity index is 1.94. The zero-order valence-electron chi connectivity index (χ0n) is 12.9. The molecule has 0 heterocycles. The van der Waals surface area contributed by atoms with Crippen LogP contribution in [0.25, 0.3) is 0 Å². The molecule has 0 unspecified atom stereocenters. The van der Waals surface area contributed by atoms with E-state index in [1.165, 1.54) is 11.8 Å². The van der Waals surface area contributed by atoms with E-state index < -0.39 is 0 Å². The lowest BCUT2D eigenvalue weighted by molar-refractivity contribution is 0.108. The van der Waals surface area contributed by atoms with Crippen molar-refractivity contribution >= 4 is 16.9 Å². The van der Waals surface area contributed by atoms with Crippen LogP contribution in [-0.4, -0.2) is 18.8 Å². The average Bonchev–Trinajstić information content (AvgIpc) is 2.56. The first-order valence-corrected chi connectivity index (χ1v) is 8.13. The SMILES string of the molecule is CCCCOc1ccc(C(=O)Sc2ccc(OC)cc2)cc1.